The molecule has 0 bridgehead atoms. The second kappa shape index (κ2) is 7.61. The van der Waals surface area contributed by atoms with E-state index in [1.165, 1.54) is 64.8 Å². The smallest absolute Gasteiger partial charge is 0.0446 e. The Morgan fingerprint density at radius 2 is 1.68 bits per heavy atom. The number of likely N-dealkylation sites (tertiary alicyclic amines) is 1. The SMILES string of the molecule is CC(C)N1CCC(N2CCN(C3CCC3)C[C@@H]2CCO)CC1. The summed E-state index contributed by atoms with van der Waals surface area (Å²) in [5, 5.41) is 9.49. The zero-order chi connectivity index (χ0) is 15.5. The van der Waals surface area contributed by atoms with Gasteiger partial charge in [-0.3, -0.25) is 9.80 Å². The number of aliphatic hydroxyl groups excluding tert-OH is 1. The second-order valence-electron chi connectivity index (χ2n) is 7.84. The summed E-state index contributed by atoms with van der Waals surface area (Å²) in [4.78, 5) is 8.08. The lowest BCUT2D eigenvalue weighted by molar-refractivity contribution is -0.0224. The molecule has 1 N–H and O–H groups in total. The van der Waals surface area contributed by atoms with E-state index in [2.05, 4.69) is 28.5 Å². The Morgan fingerprint density at radius 1 is 0.955 bits per heavy atom. The predicted octanol–water partition coefficient (Wildman–Crippen LogP) is 1.78. The highest BCUT2D eigenvalue weighted by Crippen LogP contribution is 2.30. The summed E-state index contributed by atoms with van der Waals surface area (Å²) >= 11 is 0. The van der Waals surface area contributed by atoms with Crippen LogP contribution in [0.4, 0.5) is 0 Å². The Balaban J connectivity index is 1.55. The van der Waals surface area contributed by atoms with Gasteiger partial charge in [0.05, 0.1) is 0 Å². The van der Waals surface area contributed by atoms with Gasteiger partial charge in [0.2, 0.25) is 0 Å². The van der Waals surface area contributed by atoms with E-state index in [0.29, 0.717) is 18.7 Å². The van der Waals surface area contributed by atoms with Crippen LogP contribution in [-0.2, 0) is 0 Å². The van der Waals surface area contributed by atoms with E-state index in [1.54, 1.807) is 0 Å². The van der Waals surface area contributed by atoms with Gasteiger partial charge in [-0.05, 0) is 59.0 Å². The van der Waals surface area contributed by atoms with Crippen LogP contribution in [0.5, 0.6) is 0 Å². The summed E-state index contributed by atoms with van der Waals surface area (Å²) < 4.78 is 0. The van der Waals surface area contributed by atoms with Crippen molar-refractivity contribution in [2.45, 2.75) is 76.5 Å². The van der Waals surface area contributed by atoms with E-state index in [4.69, 9.17) is 0 Å². The minimum atomic E-state index is 0.338. The van der Waals surface area contributed by atoms with Crippen LogP contribution in [0, 0.1) is 0 Å². The molecule has 1 saturated carbocycles. The van der Waals surface area contributed by atoms with Gasteiger partial charge >= 0.3 is 0 Å². The molecule has 2 saturated heterocycles. The highest BCUT2D eigenvalue weighted by Gasteiger charge is 2.36. The molecule has 22 heavy (non-hydrogen) atoms. The quantitative estimate of drug-likeness (QED) is 0.838. The molecule has 0 radical (unpaired) electrons. The molecule has 0 unspecified atom stereocenters. The van der Waals surface area contributed by atoms with Crippen LogP contribution in [0.25, 0.3) is 0 Å². The zero-order valence-corrected chi connectivity index (χ0v) is 14.6. The maximum Gasteiger partial charge on any atom is 0.0446 e. The lowest BCUT2D eigenvalue weighted by atomic mass is 9.89. The van der Waals surface area contributed by atoms with Crippen molar-refractivity contribution in [2.75, 3.05) is 39.3 Å². The molecule has 2 aliphatic heterocycles. The molecule has 0 aromatic heterocycles. The Morgan fingerprint density at radius 3 is 2.23 bits per heavy atom. The largest absolute Gasteiger partial charge is 0.396 e. The van der Waals surface area contributed by atoms with Crippen molar-refractivity contribution in [3.8, 4) is 0 Å². The topological polar surface area (TPSA) is 30.0 Å². The van der Waals surface area contributed by atoms with Crippen LogP contribution in [0.3, 0.4) is 0 Å². The van der Waals surface area contributed by atoms with E-state index < -0.39 is 0 Å². The average Bonchev–Trinajstić information content (AvgIpc) is 2.46. The third-order valence-corrected chi connectivity index (χ3v) is 6.31. The van der Waals surface area contributed by atoms with Crippen LogP contribution >= 0.6 is 0 Å². The lowest BCUT2D eigenvalue weighted by Crippen LogP contribution is -2.61. The fraction of sp³-hybridized carbons (Fsp3) is 1.00. The number of rotatable bonds is 5. The molecule has 0 aromatic rings. The summed E-state index contributed by atoms with van der Waals surface area (Å²) in [5.41, 5.74) is 0. The molecule has 3 rings (SSSR count). The number of nitrogens with zero attached hydrogens (tertiary/aromatic N) is 3. The number of piperidine rings is 1. The van der Waals surface area contributed by atoms with Gasteiger partial charge in [-0.15, -0.1) is 0 Å². The van der Waals surface area contributed by atoms with Gasteiger partial charge < -0.3 is 10.0 Å². The summed E-state index contributed by atoms with van der Waals surface area (Å²) in [6.07, 6.45) is 7.79. The molecule has 4 heteroatoms. The van der Waals surface area contributed by atoms with Crippen molar-refractivity contribution < 1.29 is 5.11 Å². The predicted molar refractivity (Wildman–Crippen MR) is 91.1 cm³/mol. The number of hydrogen-bond acceptors (Lipinski definition) is 4. The standard InChI is InChI=1S/C18H35N3O/c1-15(2)19-9-6-17(7-10-19)21-12-11-20(16-4-3-5-16)14-18(21)8-13-22/h15-18,22H,3-14H2,1-2H3/t18-/m0/s1. The molecular formula is C18H35N3O. The molecule has 1 atom stereocenters. The van der Waals surface area contributed by atoms with Gasteiger partial charge in [-0.1, -0.05) is 6.42 Å². The molecule has 0 spiro atoms. The lowest BCUT2D eigenvalue weighted by Gasteiger charge is -2.51. The van der Waals surface area contributed by atoms with Gasteiger partial charge in [0.15, 0.2) is 0 Å². The number of hydrogen-bond donors (Lipinski definition) is 1. The van der Waals surface area contributed by atoms with E-state index in [-0.39, 0.29) is 0 Å². The van der Waals surface area contributed by atoms with Crippen LogP contribution in [0.2, 0.25) is 0 Å². The van der Waals surface area contributed by atoms with E-state index >= 15 is 0 Å². The molecule has 0 amide bonds. The minimum absolute atomic E-state index is 0.338. The first-order valence-electron chi connectivity index (χ1n) is 9.53. The molecule has 3 aliphatic rings. The van der Waals surface area contributed by atoms with Crippen molar-refractivity contribution >= 4 is 0 Å². The maximum atomic E-state index is 9.49. The molecule has 4 nitrogen and oxygen atoms in total. The number of piperazine rings is 1. The molecular weight excluding hydrogens is 274 g/mol. The first kappa shape index (κ1) is 16.7. The van der Waals surface area contributed by atoms with Crippen LogP contribution in [0.15, 0.2) is 0 Å². The summed E-state index contributed by atoms with van der Waals surface area (Å²) in [6, 6.07) is 2.86. The Labute approximate surface area is 136 Å². The molecule has 0 aromatic carbocycles. The van der Waals surface area contributed by atoms with Crippen molar-refractivity contribution in [2.24, 2.45) is 0 Å². The molecule has 1 aliphatic carbocycles. The number of aliphatic hydroxyl groups is 1. The van der Waals surface area contributed by atoms with Crippen LogP contribution in [-0.4, -0.2) is 83.3 Å². The second-order valence-corrected chi connectivity index (χ2v) is 7.84. The molecule has 3 fully saturated rings. The Kier molecular flexibility index (Phi) is 5.77. The Bertz CT molecular complexity index is 337. The van der Waals surface area contributed by atoms with Crippen molar-refractivity contribution in [3.63, 3.8) is 0 Å². The molecule has 2 heterocycles. The van der Waals surface area contributed by atoms with Gasteiger partial charge in [-0.25, -0.2) is 0 Å². The van der Waals surface area contributed by atoms with E-state index in [0.717, 1.165) is 18.5 Å². The summed E-state index contributed by atoms with van der Waals surface area (Å²) in [5.74, 6) is 0. The van der Waals surface area contributed by atoms with Gasteiger partial charge in [0.25, 0.3) is 0 Å². The van der Waals surface area contributed by atoms with Crippen LogP contribution < -0.4 is 0 Å². The van der Waals surface area contributed by atoms with Crippen molar-refractivity contribution in [1.82, 2.24) is 14.7 Å². The fourth-order valence-electron chi connectivity index (χ4n) is 4.60. The van der Waals surface area contributed by atoms with Crippen LogP contribution in [0.1, 0.15) is 52.4 Å². The van der Waals surface area contributed by atoms with E-state index in [1.807, 2.05) is 0 Å². The molecule has 128 valence electrons. The summed E-state index contributed by atoms with van der Waals surface area (Å²) in [6.45, 7) is 11.1. The highest BCUT2D eigenvalue weighted by molar-refractivity contribution is 4.93. The Hall–Kier alpha value is -0.160. The van der Waals surface area contributed by atoms with E-state index in [9.17, 15) is 5.11 Å². The summed E-state index contributed by atoms with van der Waals surface area (Å²) in [7, 11) is 0. The van der Waals surface area contributed by atoms with Crippen molar-refractivity contribution in [3.05, 3.63) is 0 Å². The highest BCUT2D eigenvalue weighted by atomic mass is 16.3. The maximum absolute atomic E-state index is 9.49. The van der Waals surface area contributed by atoms with Gasteiger partial charge in [0, 0.05) is 50.4 Å². The third-order valence-electron chi connectivity index (χ3n) is 6.31. The first-order valence-corrected chi connectivity index (χ1v) is 9.53. The minimum Gasteiger partial charge on any atom is -0.396 e. The van der Waals surface area contributed by atoms with Gasteiger partial charge in [-0.2, -0.15) is 0 Å². The fourth-order valence-corrected chi connectivity index (χ4v) is 4.60. The third kappa shape index (κ3) is 3.66. The monoisotopic (exact) mass is 309 g/mol. The van der Waals surface area contributed by atoms with Gasteiger partial charge in [0.1, 0.15) is 0 Å². The first-order chi connectivity index (χ1) is 10.7. The average molecular weight is 309 g/mol. The zero-order valence-electron chi connectivity index (χ0n) is 14.6. The van der Waals surface area contributed by atoms with Crippen molar-refractivity contribution in [1.29, 1.82) is 0 Å². The normalized spacial score (nSPS) is 30.8.